The summed E-state index contributed by atoms with van der Waals surface area (Å²) in [5.74, 6) is 0. The molecule has 0 nitrogen and oxygen atoms in total. The van der Waals surface area contributed by atoms with Crippen molar-refractivity contribution >= 4 is 12.7 Å². The van der Waals surface area contributed by atoms with Crippen LogP contribution in [0.2, 0.25) is 0 Å². The number of halogens is 6. The molecule has 0 fully saturated rings. The van der Waals surface area contributed by atoms with Crippen molar-refractivity contribution in [1.82, 2.24) is 0 Å². The first-order valence-electron chi connectivity index (χ1n) is 6.48. The summed E-state index contributed by atoms with van der Waals surface area (Å²) in [5.41, 5.74) is -1.67. The third-order valence-electron chi connectivity index (χ3n) is 3.19. The highest BCUT2D eigenvalue weighted by molar-refractivity contribution is 6.53. The second-order valence-corrected chi connectivity index (χ2v) is 4.90. The Labute approximate surface area is 124 Å². The molecule has 0 aliphatic heterocycles. The molecule has 0 amide bonds. The fourth-order valence-electron chi connectivity index (χ4n) is 2.10. The summed E-state index contributed by atoms with van der Waals surface area (Å²) in [6.07, 6.45) is -9.23. The minimum Gasteiger partial charge on any atom is -0.166 e. The summed E-state index contributed by atoms with van der Waals surface area (Å²) in [5, 5.41) is 0. The fraction of sp³-hybridized carbons (Fsp3) is 0.200. The molecule has 7 heteroatoms. The van der Waals surface area contributed by atoms with Crippen molar-refractivity contribution < 1.29 is 26.3 Å². The zero-order valence-electron chi connectivity index (χ0n) is 11.3. The van der Waals surface area contributed by atoms with E-state index in [4.69, 9.17) is 0 Å². The molecule has 2 rings (SSSR count). The van der Waals surface area contributed by atoms with Crippen molar-refractivity contribution in [3.63, 3.8) is 0 Å². The van der Waals surface area contributed by atoms with Crippen molar-refractivity contribution in [3.8, 4) is 0 Å². The normalized spacial score (nSPS) is 12.3. The first-order chi connectivity index (χ1) is 10.2. The number of benzene rings is 2. The van der Waals surface area contributed by atoms with Gasteiger partial charge >= 0.3 is 12.4 Å². The summed E-state index contributed by atoms with van der Waals surface area (Å²) < 4.78 is 76.4. The Hall–Kier alpha value is -1.92. The quantitative estimate of drug-likeness (QED) is 0.593. The van der Waals surface area contributed by atoms with Crippen LogP contribution in [-0.4, -0.2) is 7.28 Å². The maximum absolute atomic E-state index is 12.7. The molecular formula is C15H11BF6. The predicted molar refractivity (Wildman–Crippen MR) is 73.4 cm³/mol. The molecule has 0 unspecified atom stereocenters. The first-order valence-corrected chi connectivity index (χ1v) is 6.48. The molecule has 22 heavy (non-hydrogen) atoms. The molecule has 0 heterocycles. The zero-order valence-corrected chi connectivity index (χ0v) is 11.3. The lowest BCUT2D eigenvalue weighted by atomic mass is 9.64. The van der Waals surface area contributed by atoms with Gasteiger partial charge in [-0.05, 0) is 12.4 Å². The van der Waals surface area contributed by atoms with Crippen molar-refractivity contribution in [1.29, 1.82) is 0 Å². The standard InChI is InChI=1S/C15H11BF6/c17-14(18,19)11-6-12(15(20,21)22)8-13(7-11)16-9-10-4-2-1-3-5-10/h1-8,16H,9H2. The van der Waals surface area contributed by atoms with E-state index in [0.717, 1.165) is 17.7 Å². The summed E-state index contributed by atoms with van der Waals surface area (Å²) in [6, 6.07) is 10.6. The Bertz CT molecular complexity index is 598. The minimum absolute atomic E-state index is 0.0194. The van der Waals surface area contributed by atoms with Gasteiger partial charge in [0.15, 0.2) is 7.28 Å². The molecule has 0 aliphatic rings. The smallest absolute Gasteiger partial charge is 0.166 e. The van der Waals surface area contributed by atoms with E-state index in [-0.39, 0.29) is 18.8 Å². The maximum atomic E-state index is 12.7. The molecule has 2 aromatic rings. The summed E-state index contributed by atoms with van der Waals surface area (Å²) >= 11 is 0. The Morgan fingerprint density at radius 2 is 1.23 bits per heavy atom. The minimum atomic E-state index is -4.80. The van der Waals surface area contributed by atoms with Crippen molar-refractivity contribution in [2.24, 2.45) is 0 Å². The zero-order chi connectivity index (χ0) is 16.4. The van der Waals surface area contributed by atoms with Crippen molar-refractivity contribution in [3.05, 3.63) is 65.2 Å². The third kappa shape index (κ3) is 4.29. The summed E-state index contributed by atoms with van der Waals surface area (Å²) in [7, 11) is 0.108. The lowest BCUT2D eigenvalue weighted by molar-refractivity contribution is -0.142. The number of alkyl halides is 6. The van der Waals surface area contributed by atoms with Gasteiger partial charge in [-0.15, -0.1) is 0 Å². The fourth-order valence-corrected chi connectivity index (χ4v) is 2.10. The topological polar surface area (TPSA) is 0 Å². The molecule has 0 saturated heterocycles. The Balaban J connectivity index is 2.30. The van der Waals surface area contributed by atoms with Crippen LogP contribution in [0.1, 0.15) is 16.7 Å². The van der Waals surface area contributed by atoms with E-state index < -0.39 is 23.5 Å². The molecule has 0 saturated carbocycles. The van der Waals surface area contributed by atoms with Crippen LogP contribution in [0, 0.1) is 0 Å². The van der Waals surface area contributed by atoms with E-state index in [9.17, 15) is 26.3 Å². The van der Waals surface area contributed by atoms with Crippen LogP contribution in [-0.2, 0) is 18.7 Å². The molecule has 0 spiro atoms. The van der Waals surface area contributed by atoms with Gasteiger partial charge in [-0.3, -0.25) is 0 Å². The molecule has 0 bridgehead atoms. The van der Waals surface area contributed by atoms with E-state index in [0.29, 0.717) is 6.32 Å². The second-order valence-electron chi connectivity index (χ2n) is 4.90. The average Bonchev–Trinajstić information content (AvgIpc) is 2.44. The Morgan fingerprint density at radius 1 is 0.727 bits per heavy atom. The molecule has 0 aromatic heterocycles. The second kappa shape index (κ2) is 6.06. The van der Waals surface area contributed by atoms with Crippen LogP contribution in [0.5, 0.6) is 0 Å². The summed E-state index contributed by atoms with van der Waals surface area (Å²) in [4.78, 5) is 0. The molecule has 0 aliphatic carbocycles. The van der Waals surface area contributed by atoms with Gasteiger partial charge < -0.3 is 0 Å². The molecule has 0 radical (unpaired) electrons. The highest BCUT2D eigenvalue weighted by Crippen LogP contribution is 2.34. The van der Waals surface area contributed by atoms with Crippen molar-refractivity contribution in [2.45, 2.75) is 18.7 Å². The van der Waals surface area contributed by atoms with Crippen LogP contribution < -0.4 is 5.46 Å². The van der Waals surface area contributed by atoms with Gasteiger partial charge in [0.2, 0.25) is 0 Å². The number of hydrogen-bond donors (Lipinski definition) is 0. The van der Waals surface area contributed by atoms with Gasteiger partial charge in [0.05, 0.1) is 11.1 Å². The largest absolute Gasteiger partial charge is 0.416 e. The molecular weight excluding hydrogens is 305 g/mol. The van der Waals surface area contributed by atoms with Gasteiger partial charge in [0.1, 0.15) is 0 Å². The number of hydrogen-bond acceptors (Lipinski definition) is 0. The van der Waals surface area contributed by atoms with Crippen LogP contribution >= 0.6 is 0 Å². The number of rotatable bonds is 3. The van der Waals surface area contributed by atoms with E-state index in [1.807, 2.05) is 0 Å². The van der Waals surface area contributed by atoms with E-state index in [1.54, 1.807) is 30.3 Å². The predicted octanol–water partition coefficient (Wildman–Crippen LogP) is 3.99. The van der Waals surface area contributed by atoms with Crippen LogP contribution in [0.3, 0.4) is 0 Å². The maximum Gasteiger partial charge on any atom is 0.416 e. The lowest BCUT2D eigenvalue weighted by Gasteiger charge is -2.14. The monoisotopic (exact) mass is 316 g/mol. The third-order valence-corrected chi connectivity index (χ3v) is 3.19. The van der Waals surface area contributed by atoms with E-state index in [1.165, 1.54) is 0 Å². The van der Waals surface area contributed by atoms with Crippen molar-refractivity contribution in [2.75, 3.05) is 0 Å². The molecule has 2 aromatic carbocycles. The Morgan fingerprint density at radius 3 is 1.68 bits per heavy atom. The lowest BCUT2D eigenvalue weighted by Crippen LogP contribution is -2.23. The van der Waals surface area contributed by atoms with Gasteiger partial charge in [-0.25, -0.2) is 0 Å². The van der Waals surface area contributed by atoms with Gasteiger partial charge in [0.25, 0.3) is 0 Å². The van der Waals surface area contributed by atoms with Gasteiger partial charge in [-0.2, -0.15) is 26.3 Å². The van der Waals surface area contributed by atoms with Crippen LogP contribution in [0.4, 0.5) is 26.3 Å². The highest BCUT2D eigenvalue weighted by Gasteiger charge is 2.36. The van der Waals surface area contributed by atoms with E-state index in [2.05, 4.69) is 0 Å². The van der Waals surface area contributed by atoms with Gasteiger partial charge in [0, 0.05) is 0 Å². The molecule has 116 valence electrons. The van der Waals surface area contributed by atoms with E-state index >= 15 is 0 Å². The van der Waals surface area contributed by atoms with Crippen LogP contribution in [0.15, 0.2) is 48.5 Å². The Kier molecular flexibility index (Phi) is 4.54. The van der Waals surface area contributed by atoms with Crippen LogP contribution in [0.25, 0.3) is 0 Å². The summed E-state index contributed by atoms with van der Waals surface area (Å²) in [6.45, 7) is 0. The highest BCUT2D eigenvalue weighted by atomic mass is 19.4. The van der Waals surface area contributed by atoms with Gasteiger partial charge in [-0.1, -0.05) is 53.5 Å². The SMILES string of the molecule is FC(F)(F)c1cc(BCc2ccccc2)cc(C(F)(F)F)c1. The first kappa shape index (κ1) is 16.5. The molecule has 0 N–H and O–H groups in total. The molecule has 0 atom stereocenters. The average molecular weight is 316 g/mol.